The molecular weight excluding hydrogens is 354 g/mol. The second-order valence-corrected chi connectivity index (χ2v) is 6.98. The van der Waals surface area contributed by atoms with E-state index in [1.165, 1.54) is 0 Å². The molecule has 3 rings (SSSR count). The van der Waals surface area contributed by atoms with Gasteiger partial charge in [-0.25, -0.2) is 9.97 Å². The van der Waals surface area contributed by atoms with Crippen LogP contribution in [0.3, 0.4) is 0 Å². The molecule has 0 radical (unpaired) electrons. The molecule has 2 heterocycles. The fourth-order valence-corrected chi connectivity index (χ4v) is 3.58. The molecule has 0 bridgehead atoms. The van der Waals surface area contributed by atoms with Crippen molar-refractivity contribution in [1.29, 1.82) is 0 Å². The Kier molecular flexibility index (Phi) is 6.86. The zero-order valence-electron chi connectivity index (χ0n) is 17.5. The zero-order valence-corrected chi connectivity index (χ0v) is 17.5. The average molecular weight is 386 g/mol. The summed E-state index contributed by atoms with van der Waals surface area (Å²) in [7, 11) is 1.68. The van der Waals surface area contributed by atoms with Gasteiger partial charge < -0.3 is 19.5 Å². The van der Waals surface area contributed by atoms with E-state index in [2.05, 4.69) is 32.2 Å². The van der Waals surface area contributed by atoms with Crippen LogP contribution >= 0.6 is 0 Å². The first-order valence-corrected chi connectivity index (χ1v) is 10.1. The van der Waals surface area contributed by atoms with Crippen molar-refractivity contribution in [2.75, 3.05) is 32.2 Å². The Balaban J connectivity index is 1.96. The van der Waals surface area contributed by atoms with Crippen LogP contribution in [-0.4, -0.2) is 49.0 Å². The van der Waals surface area contributed by atoms with Crippen molar-refractivity contribution in [3.05, 3.63) is 35.2 Å². The molecule has 0 amide bonds. The van der Waals surface area contributed by atoms with E-state index in [0.29, 0.717) is 19.8 Å². The summed E-state index contributed by atoms with van der Waals surface area (Å²) >= 11 is 0. The van der Waals surface area contributed by atoms with E-state index >= 15 is 0 Å². The predicted molar refractivity (Wildman–Crippen MR) is 111 cm³/mol. The molecule has 2 atom stereocenters. The molecule has 1 aromatic carbocycles. The minimum Gasteiger partial charge on any atom is -0.497 e. The SMILES string of the molecule is CCO[C@@H]1COC[C@@H]1Nc1nc(CC)c(-c2ccc(OC)cc2C)nc1CC. The Morgan fingerprint density at radius 3 is 2.54 bits per heavy atom. The summed E-state index contributed by atoms with van der Waals surface area (Å²) in [4.78, 5) is 9.98. The Morgan fingerprint density at radius 1 is 1.11 bits per heavy atom. The fourth-order valence-electron chi connectivity index (χ4n) is 3.58. The van der Waals surface area contributed by atoms with Crippen LogP contribution < -0.4 is 10.1 Å². The summed E-state index contributed by atoms with van der Waals surface area (Å²) < 4.78 is 16.7. The van der Waals surface area contributed by atoms with E-state index in [0.717, 1.165) is 52.6 Å². The first-order chi connectivity index (χ1) is 13.6. The number of methoxy groups -OCH3 is 1. The van der Waals surface area contributed by atoms with Crippen molar-refractivity contribution in [2.24, 2.45) is 0 Å². The molecule has 2 aromatic rings. The minimum absolute atomic E-state index is 0.0464. The summed E-state index contributed by atoms with van der Waals surface area (Å²) in [6.45, 7) is 10.2. The molecule has 6 heteroatoms. The van der Waals surface area contributed by atoms with Gasteiger partial charge in [0.25, 0.3) is 0 Å². The van der Waals surface area contributed by atoms with Gasteiger partial charge >= 0.3 is 0 Å². The topological polar surface area (TPSA) is 65.5 Å². The van der Waals surface area contributed by atoms with E-state index in [4.69, 9.17) is 24.2 Å². The smallest absolute Gasteiger partial charge is 0.148 e. The highest BCUT2D eigenvalue weighted by Gasteiger charge is 2.30. The number of rotatable bonds is 8. The molecule has 28 heavy (non-hydrogen) atoms. The summed E-state index contributed by atoms with van der Waals surface area (Å²) in [6.07, 6.45) is 1.65. The lowest BCUT2D eigenvalue weighted by molar-refractivity contribution is 0.0478. The van der Waals surface area contributed by atoms with E-state index in [1.54, 1.807) is 7.11 Å². The van der Waals surface area contributed by atoms with Gasteiger partial charge in [-0.05, 0) is 50.5 Å². The fraction of sp³-hybridized carbons (Fsp3) is 0.545. The number of aromatic nitrogens is 2. The van der Waals surface area contributed by atoms with Crippen LogP contribution in [0.1, 0.15) is 37.7 Å². The van der Waals surface area contributed by atoms with E-state index < -0.39 is 0 Å². The molecule has 0 spiro atoms. The molecule has 6 nitrogen and oxygen atoms in total. The van der Waals surface area contributed by atoms with Gasteiger partial charge in [0.1, 0.15) is 17.7 Å². The van der Waals surface area contributed by atoms with Gasteiger partial charge in [-0.15, -0.1) is 0 Å². The van der Waals surface area contributed by atoms with Crippen LogP contribution in [-0.2, 0) is 22.3 Å². The molecule has 152 valence electrons. The maximum atomic E-state index is 5.80. The molecule has 0 aliphatic carbocycles. The molecule has 1 aliphatic rings. The van der Waals surface area contributed by atoms with Crippen molar-refractivity contribution in [3.63, 3.8) is 0 Å². The van der Waals surface area contributed by atoms with Crippen LogP contribution in [0.15, 0.2) is 18.2 Å². The van der Waals surface area contributed by atoms with E-state index in [1.807, 2.05) is 19.1 Å². The number of hydrogen-bond donors (Lipinski definition) is 1. The van der Waals surface area contributed by atoms with Crippen molar-refractivity contribution in [2.45, 2.75) is 52.7 Å². The van der Waals surface area contributed by atoms with Crippen LogP contribution in [0.4, 0.5) is 5.82 Å². The van der Waals surface area contributed by atoms with Crippen molar-refractivity contribution < 1.29 is 14.2 Å². The number of hydrogen-bond acceptors (Lipinski definition) is 6. The third-order valence-corrected chi connectivity index (χ3v) is 5.13. The number of anilines is 1. The Morgan fingerprint density at radius 2 is 1.89 bits per heavy atom. The molecule has 1 N–H and O–H groups in total. The largest absolute Gasteiger partial charge is 0.497 e. The summed E-state index contributed by atoms with van der Waals surface area (Å²) in [5.41, 5.74) is 5.13. The van der Waals surface area contributed by atoms with Gasteiger partial charge in [-0.3, -0.25) is 0 Å². The van der Waals surface area contributed by atoms with Crippen LogP contribution in [0.5, 0.6) is 5.75 Å². The Bertz CT molecular complexity index is 810. The van der Waals surface area contributed by atoms with Gasteiger partial charge in [-0.2, -0.15) is 0 Å². The third-order valence-electron chi connectivity index (χ3n) is 5.13. The second-order valence-electron chi connectivity index (χ2n) is 6.98. The quantitative estimate of drug-likeness (QED) is 0.746. The highest BCUT2D eigenvalue weighted by molar-refractivity contribution is 5.68. The standard InChI is InChI=1S/C22H31N3O3/c1-6-17-21(16-10-9-15(26-5)11-14(16)4)23-18(7-2)22(24-17)25-19-12-27-13-20(19)28-8-3/h9-11,19-20H,6-8,12-13H2,1-5H3,(H,24,25)/t19-,20+/m0/s1. The monoisotopic (exact) mass is 385 g/mol. The van der Waals surface area contributed by atoms with Crippen LogP contribution in [0.2, 0.25) is 0 Å². The first-order valence-electron chi connectivity index (χ1n) is 10.1. The molecule has 1 aliphatic heterocycles. The second kappa shape index (κ2) is 9.34. The molecule has 1 saturated heterocycles. The van der Waals surface area contributed by atoms with Gasteiger partial charge in [0.15, 0.2) is 0 Å². The summed E-state index contributed by atoms with van der Waals surface area (Å²) in [5, 5.41) is 3.54. The number of aryl methyl sites for hydroxylation is 3. The third kappa shape index (κ3) is 4.28. The van der Waals surface area contributed by atoms with Crippen molar-refractivity contribution in [3.8, 4) is 17.0 Å². The molecule has 1 fully saturated rings. The number of nitrogens with one attached hydrogen (secondary N) is 1. The van der Waals surface area contributed by atoms with Crippen molar-refractivity contribution >= 4 is 5.82 Å². The predicted octanol–water partition coefficient (Wildman–Crippen LogP) is 3.80. The molecular formula is C22H31N3O3. The highest BCUT2D eigenvalue weighted by atomic mass is 16.5. The van der Waals surface area contributed by atoms with Gasteiger partial charge in [-0.1, -0.05) is 13.8 Å². The lowest BCUT2D eigenvalue weighted by atomic mass is 10.0. The lowest BCUT2D eigenvalue weighted by Gasteiger charge is -2.22. The average Bonchev–Trinajstić information content (AvgIpc) is 3.14. The maximum Gasteiger partial charge on any atom is 0.148 e. The van der Waals surface area contributed by atoms with Gasteiger partial charge in [0.05, 0.1) is 43.4 Å². The Hall–Kier alpha value is -2.18. The van der Waals surface area contributed by atoms with Crippen LogP contribution in [0.25, 0.3) is 11.3 Å². The van der Waals surface area contributed by atoms with E-state index in [-0.39, 0.29) is 12.1 Å². The molecule has 0 saturated carbocycles. The minimum atomic E-state index is 0.0464. The van der Waals surface area contributed by atoms with Crippen molar-refractivity contribution in [1.82, 2.24) is 9.97 Å². The van der Waals surface area contributed by atoms with E-state index in [9.17, 15) is 0 Å². The molecule has 0 unspecified atom stereocenters. The highest BCUT2D eigenvalue weighted by Crippen LogP contribution is 2.30. The normalized spacial score (nSPS) is 19.0. The zero-order chi connectivity index (χ0) is 20.1. The number of benzene rings is 1. The summed E-state index contributed by atoms with van der Waals surface area (Å²) in [5.74, 6) is 1.69. The number of ether oxygens (including phenoxy) is 3. The number of nitrogens with zero attached hydrogens (tertiary/aromatic N) is 2. The maximum absolute atomic E-state index is 5.80. The molecule has 1 aromatic heterocycles. The summed E-state index contributed by atoms with van der Waals surface area (Å²) in [6, 6.07) is 6.18. The van der Waals surface area contributed by atoms with Gasteiger partial charge in [0, 0.05) is 12.2 Å². The van der Waals surface area contributed by atoms with Crippen LogP contribution in [0, 0.1) is 6.92 Å². The van der Waals surface area contributed by atoms with Gasteiger partial charge in [0.2, 0.25) is 0 Å². The first kappa shape index (κ1) is 20.6. The lowest BCUT2D eigenvalue weighted by Crippen LogP contribution is -2.35. The Labute approximate surface area is 167 Å².